The largest absolute Gasteiger partial charge is 0.393 e. The number of rotatable bonds is 6. The van der Waals surface area contributed by atoms with Gasteiger partial charge in [-0.05, 0) is 20.3 Å². The van der Waals surface area contributed by atoms with Crippen LogP contribution in [0.2, 0.25) is 0 Å². The van der Waals surface area contributed by atoms with Gasteiger partial charge in [0, 0.05) is 18.5 Å². The van der Waals surface area contributed by atoms with Gasteiger partial charge in [-0.25, -0.2) is 9.97 Å². The van der Waals surface area contributed by atoms with Crippen LogP contribution in [0, 0.1) is 6.92 Å². The Morgan fingerprint density at radius 2 is 2.06 bits per heavy atom. The average molecular weight is 254 g/mol. The monoisotopic (exact) mass is 254 g/mol. The number of nitrogen functional groups attached to an aromatic ring is 1. The lowest BCUT2D eigenvalue weighted by Crippen LogP contribution is -2.37. The first-order valence-corrected chi connectivity index (χ1v) is 6.09. The maximum absolute atomic E-state index is 9.73. The summed E-state index contributed by atoms with van der Waals surface area (Å²) >= 11 is 0. The number of aryl methyl sites for hydroxylation is 1. The first kappa shape index (κ1) is 14.7. The molecular weight excluding hydrogens is 232 g/mol. The highest BCUT2D eigenvalue weighted by Crippen LogP contribution is 2.18. The number of hydrogen-bond donors (Lipinski definition) is 4. The zero-order valence-corrected chi connectivity index (χ0v) is 11.2. The predicted octanol–water partition coefficient (Wildman–Crippen LogP) is 0.475. The Morgan fingerprint density at radius 3 is 2.61 bits per heavy atom. The molecule has 5 N–H and O–H groups in total. The summed E-state index contributed by atoms with van der Waals surface area (Å²) in [7, 11) is 0. The quantitative estimate of drug-likeness (QED) is 0.588. The van der Waals surface area contributed by atoms with Gasteiger partial charge in [-0.15, -0.1) is 0 Å². The minimum Gasteiger partial charge on any atom is -0.393 e. The van der Waals surface area contributed by atoms with Crippen LogP contribution < -0.4 is 11.1 Å². The smallest absolute Gasteiger partial charge is 0.134 e. The van der Waals surface area contributed by atoms with E-state index in [-0.39, 0.29) is 13.2 Å². The minimum atomic E-state index is -1.18. The predicted molar refractivity (Wildman–Crippen MR) is 71.4 cm³/mol. The zero-order chi connectivity index (χ0) is 13.8. The van der Waals surface area contributed by atoms with Gasteiger partial charge in [-0.2, -0.15) is 0 Å². The van der Waals surface area contributed by atoms with Crippen molar-refractivity contribution in [2.75, 3.05) is 24.2 Å². The van der Waals surface area contributed by atoms with Crippen molar-refractivity contribution in [3.05, 3.63) is 11.4 Å². The molecule has 0 spiro atoms. The van der Waals surface area contributed by atoms with Crippen molar-refractivity contribution in [2.24, 2.45) is 0 Å². The van der Waals surface area contributed by atoms with E-state index >= 15 is 0 Å². The summed E-state index contributed by atoms with van der Waals surface area (Å²) in [6.07, 6.45) is 1.70. The maximum atomic E-state index is 9.73. The highest BCUT2D eigenvalue weighted by molar-refractivity contribution is 5.54. The van der Waals surface area contributed by atoms with E-state index in [0.29, 0.717) is 17.5 Å². The SMILES string of the molecule is CCCc1nc(N)c(C)c(NCC(C)(O)CO)n1. The second-order valence-electron chi connectivity index (χ2n) is 4.76. The first-order chi connectivity index (χ1) is 8.39. The van der Waals surface area contributed by atoms with Crippen molar-refractivity contribution >= 4 is 11.6 Å². The summed E-state index contributed by atoms with van der Waals surface area (Å²) in [5.41, 5.74) is 5.39. The summed E-state index contributed by atoms with van der Waals surface area (Å²) in [4.78, 5) is 8.57. The van der Waals surface area contributed by atoms with E-state index in [1.807, 2.05) is 13.8 Å². The van der Waals surface area contributed by atoms with Crippen molar-refractivity contribution in [2.45, 2.75) is 39.2 Å². The minimum absolute atomic E-state index is 0.201. The number of nitrogens with one attached hydrogen (secondary N) is 1. The van der Waals surface area contributed by atoms with Crippen LogP contribution in [0.25, 0.3) is 0 Å². The van der Waals surface area contributed by atoms with Gasteiger partial charge in [0.05, 0.1) is 6.61 Å². The molecule has 0 saturated carbocycles. The third-order valence-corrected chi connectivity index (χ3v) is 2.68. The van der Waals surface area contributed by atoms with Gasteiger partial charge in [0.1, 0.15) is 23.1 Å². The molecule has 1 rings (SSSR count). The number of aliphatic hydroxyl groups is 2. The Bertz CT molecular complexity index is 407. The molecule has 1 aromatic heterocycles. The standard InChI is InChI=1S/C12H22N4O2/c1-4-5-9-15-10(13)8(2)11(16-9)14-6-12(3,18)7-17/h17-18H,4-7H2,1-3H3,(H3,13,14,15,16). The normalized spacial score (nSPS) is 14.3. The molecule has 0 bridgehead atoms. The fourth-order valence-corrected chi connectivity index (χ4v) is 1.42. The van der Waals surface area contributed by atoms with E-state index in [1.165, 1.54) is 0 Å². The van der Waals surface area contributed by atoms with Gasteiger partial charge in [0.25, 0.3) is 0 Å². The molecule has 0 radical (unpaired) electrons. The average Bonchev–Trinajstić information content (AvgIpc) is 2.32. The molecule has 1 heterocycles. The van der Waals surface area contributed by atoms with E-state index in [2.05, 4.69) is 15.3 Å². The third kappa shape index (κ3) is 3.82. The second-order valence-corrected chi connectivity index (χ2v) is 4.76. The number of aromatic nitrogens is 2. The van der Waals surface area contributed by atoms with Crippen molar-refractivity contribution in [3.63, 3.8) is 0 Å². The molecule has 0 aromatic carbocycles. The molecule has 102 valence electrons. The molecule has 6 heteroatoms. The number of nitrogens with two attached hydrogens (primary N) is 1. The third-order valence-electron chi connectivity index (χ3n) is 2.68. The Balaban J connectivity index is 2.87. The number of hydrogen-bond acceptors (Lipinski definition) is 6. The molecule has 1 atom stereocenters. The van der Waals surface area contributed by atoms with E-state index in [9.17, 15) is 5.11 Å². The van der Waals surface area contributed by atoms with Crippen molar-refractivity contribution in [1.82, 2.24) is 9.97 Å². The fraction of sp³-hybridized carbons (Fsp3) is 0.667. The van der Waals surface area contributed by atoms with Gasteiger partial charge >= 0.3 is 0 Å². The van der Waals surface area contributed by atoms with E-state index < -0.39 is 5.60 Å². The lowest BCUT2D eigenvalue weighted by Gasteiger charge is -2.22. The van der Waals surface area contributed by atoms with Crippen LogP contribution in [0.3, 0.4) is 0 Å². The summed E-state index contributed by atoms with van der Waals surface area (Å²) < 4.78 is 0. The van der Waals surface area contributed by atoms with Gasteiger partial charge in [0.15, 0.2) is 0 Å². The topological polar surface area (TPSA) is 104 Å². The van der Waals surface area contributed by atoms with Crippen LogP contribution in [0.15, 0.2) is 0 Å². The number of nitrogens with zero attached hydrogens (tertiary/aromatic N) is 2. The van der Waals surface area contributed by atoms with Crippen molar-refractivity contribution in [3.8, 4) is 0 Å². The molecule has 18 heavy (non-hydrogen) atoms. The van der Waals surface area contributed by atoms with Crippen LogP contribution in [0.1, 0.15) is 31.7 Å². The lowest BCUT2D eigenvalue weighted by molar-refractivity contribution is 0.0131. The van der Waals surface area contributed by atoms with Gasteiger partial charge in [0.2, 0.25) is 0 Å². The highest BCUT2D eigenvalue weighted by atomic mass is 16.3. The Labute approximate surface area is 107 Å². The Morgan fingerprint density at radius 1 is 1.39 bits per heavy atom. The van der Waals surface area contributed by atoms with Gasteiger partial charge in [-0.3, -0.25) is 0 Å². The number of aliphatic hydroxyl groups excluding tert-OH is 1. The molecule has 0 aliphatic heterocycles. The Kier molecular flexibility index (Phi) is 4.86. The van der Waals surface area contributed by atoms with Crippen LogP contribution >= 0.6 is 0 Å². The summed E-state index contributed by atoms with van der Waals surface area (Å²) in [6, 6.07) is 0. The lowest BCUT2D eigenvalue weighted by atomic mass is 10.1. The zero-order valence-electron chi connectivity index (χ0n) is 11.2. The van der Waals surface area contributed by atoms with E-state index in [0.717, 1.165) is 18.4 Å². The van der Waals surface area contributed by atoms with Gasteiger partial charge < -0.3 is 21.3 Å². The van der Waals surface area contributed by atoms with Crippen LogP contribution in [0.5, 0.6) is 0 Å². The molecule has 6 nitrogen and oxygen atoms in total. The van der Waals surface area contributed by atoms with E-state index in [1.54, 1.807) is 6.92 Å². The fourth-order valence-electron chi connectivity index (χ4n) is 1.42. The van der Waals surface area contributed by atoms with Crippen LogP contribution in [0.4, 0.5) is 11.6 Å². The van der Waals surface area contributed by atoms with Crippen LogP contribution in [-0.4, -0.2) is 38.9 Å². The molecule has 0 aliphatic rings. The van der Waals surface area contributed by atoms with E-state index in [4.69, 9.17) is 10.8 Å². The first-order valence-electron chi connectivity index (χ1n) is 6.09. The molecule has 0 saturated heterocycles. The molecule has 1 aromatic rings. The summed E-state index contributed by atoms with van der Waals surface area (Å²) in [5.74, 6) is 1.74. The van der Waals surface area contributed by atoms with Crippen molar-refractivity contribution < 1.29 is 10.2 Å². The molecule has 1 unspecified atom stereocenters. The van der Waals surface area contributed by atoms with Crippen molar-refractivity contribution in [1.29, 1.82) is 0 Å². The molecular formula is C12H22N4O2. The maximum Gasteiger partial charge on any atom is 0.134 e. The summed E-state index contributed by atoms with van der Waals surface area (Å²) in [6.45, 7) is 5.30. The summed E-state index contributed by atoms with van der Waals surface area (Å²) in [5, 5.41) is 21.7. The molecule has 0 amide bonds. The Hall–Kier alpha value is -1.40. The van der Waals surface area contributed by atoms with Crippen LogP contribution in [-0.2, 0) is 6.42 Å². The molecule has 0 fully saturated rings. The molecule has 0 aliphatic carbocycles. The second kappa shape index (κ2) is 5.97. The highest BCUT2D eigenvalue weighted by Gasteiger charge is 2.19. The van der Waals surface area contributed by atoms with Gasteiger partial charge in [-0.1, -0.05) is 6.92 Å². The number of anilines is 2.